The van der Waals surface area contributed by atoms with E-state index in [0.29, 0.717) is 5.56 Å². The molecule has 1 aromatic rings. The van der Waals surface area contributed by atoms with Crippen LogP contribution in [0.4, 0.5) is 4.79 Å². The van der Waals surface area contributed by atoms with Crippen LogP contribution in [-0.2, 0) is 21.2 Å². The molecule has 2 rings (SSSR count). The number of hydrogen-bond acceptors (Lipinski definition) is 5. The second-order valence-electron chi connectivity index (χ2n) is 6.39. The van der Waals surface area contributed by atoms with Gasteiger partial charge in [-0.2, -0.15) is 0 Å². The van der Waals surface area contributed by atoms with Crippen LogP contribution in [-0.4, -0.2) is 52.6 Å². The highest BCUT2D eigenvalue weighted by atomic mass is 32.2. The molecule has 2 heterocycles. The zero-order valence-corrected chi connectivity index (χ0v) is 16.2. The topological polar surface area (TPSA) is 109 Å². The Morgan fingerprint density at radius 1 is 1.41 bits per heavy atom. The van der Waals surface area contributed by atoms with Gasteiger partial charge in [-0.05, 0) is 31.3 Å². The molecule has 0 aliphatic carbocycles. The third kappa shape index (κ3) is 4.16. The molecule has 27 heavy (non-hydrogen) atoms. The van der Waals surface area contributed by atoms with E-state index in [0.717, 1.165) is 18.4 Å². The van der Waals surface area contributed by atoms with Crippen molar-refractivity contribution in [3.63, 3.8) is 0 Å². The summed E-state index contributed by atoms with van der Waals surface area (Å²) in [4.78, 5) is 25.8. The first-order valence-electron chi connectivity index (χ1n) is 8.27. The Kier molecular flexibility index (Phi) is 5.99. The minimum absolute atomic E-state index is 0.0422. The van der Waals surface area contributed by atoms with Gasteiger partial charge < -0.3 is 4.90 Å². The van der Waals surface area contributed by atoms with Crippen molar-refractivity contribution in [3.05, 3.63) is 23.5 Å². The van der Waals surface area contributed by atoms with Crippen molar-refractivity contribution < 1.29 is 23.2 Å². The van der Waals surface area contributed by atoms with Crippen LogP contribution in [0.25, 0.3) is 0 Å². The molecule has 2 N–H and O–H groups in total. The lowest BCUT2D eigenvalue weighted by Crippen LogP contribution is -2.50. The first-order valence-corrected chi connectivity index (χ1v) is 10.2. The predicted octanol–water partition coefficient (Wildman–Crippen LogP) is 0.735. The fourth-order valence-electron chi connectivity index (χ4n) is 2.64. The third-order valence-electron chi connectivity index (χ3n) is 4.52. The highest BCUT2D eigenvalue weighted by Crippen LogP contribution is 2.25. The summed E-state index contributed by atoms with van der Waals surface area (Å²) in [5.74, 6) is 10.1. The molecule has 0 spiro atoms. The van der Waals surface area contributed by atoms with Gasteiger partial charge in [0.05, 0.1) is 6.54 Å². The minimum atomic E-state index is -3.81. The molecular formula is C18H21N3O5S. The smallest absolute Gasteiger partial charge is 0.318 e. The Hall–Kier alpha value is -2.75. The van der Waals surface area contributed by atoms with Crippen molar-refractivity contribution in [1.29, 1.82) is 0 Å². The van der Waals surface area contributed by atoms with E-state index in [4.69, 9.17) is 5.21 Å². The Morgan fingerprint density at radius 3 is 2.67 bits per heavy atom. The summed E-state index contributed by atoms with van der Waals surface area (Å²) in [6.07, 6.45) is 3.10. The molecule has 144 valence electrons. The summed E-state index contributed by atoms with van der Waals surface area (Å²) < 4.78 is 23.6. The van der Waals surface area contributed by atoms with E-state index in [9.17, 15) is 18.0 Å². The number of hydrogen-bond donors (Lipinski definition) is 2. The Morgan fingerprint density at radius 2 is 2.11 bits per heavy atom. The third-order valence-corrected chi connectivity index (χ3v) is 6.55. The van der Waals surface area contributed by atoms with Crippen LogP contribution < -0.4 is 5.48 Å². The largest absolute Gasteiger partial charge is 0.328 e. The van der Waals surface area contributed by atoms with Crippen molar-refractivity contribution >= 4 is 21.8 Å². The second-order valence-corrected chi connectivity index (χ2v) is 8.84. The number of carbonyl (C=O) groups is 2. The normalized spacial score (nSPS) is 15.1. The van der Waals surface area contributed by atoms with Crippen molar-refractivity contribution in [2.24, 2.45) is 0 Å². The van der Waals surface area contributed by atoms with Crippen molar-refractivity contribution in [1.82, 2.24) is 14.9 Å². The molecule has 8 nitrogen and oxygen atoms in total. The van der Waals surface area contributed by atoms with Gasteiger partial charge in [-0.15, -0.1) is 0 Å². The van der Waals surface area contributed by atoms with Crippen LogP contribution >= 0.6 is 0 Å². The molecule has 1 aliphatic rings. The number of sulfone groups is 1. The molecule has 0 saturated carbocycles. The summed E-state index contributed by atoms with van der Waals surface area (Å²) in [6.45, 7) is 3.47. The van der Waals surface area contributed by atoms with Crippen molar-refractivity contribution in [2.75, 3.05) is 12.8 Å². The number of carbonyl (C=O) groups excluding carboxylic acids is 2. The maximum absolute atomic E-state index is 12.5. The molecule has 0 unspecified atom stereocenters. The maximum Gasteiger partial charge on any atom is 0.328 e. The van der Waals surface area contributed by atoms with Gasteiger partial charge in [0.25, 0.3) is 5.91 Å². The standard InChI is InChI=1S/C18H21N3O5S/c1-4-5-6-7-8-14-11-15-13-20(17(23)21(15)12-14)10-9-18(2,16(22)19-24)27(3,25)26/h11-12,24H,4,9-10,13H2,1-3H3,(H,19,22)/t18-/m1/s1. The summed E-state index contributed by atoms with van der Waals surface area (Å²) in [5.41, 5.74) is 2.79. The predicted molar refractivity (Wildman–Crippen MR) is 98.4 cm³/mol. The van der Waals surface area contributed by atoms with Gasteiger partial charge in [0.2, 0.25) is 0 Å². The Bertz CT molecular complexity index is 988. The zero-order chi connectivity index (χ0) is 20.2. The van der Waals surface area contributed by atoms with Crippen LogP contribution in [0.1, 0.15) is 37.9 Å². The Labute approximate surface area is 158 Å². The van der Waals surface area contributed by atoms with Gasteiger partial charge in [-0.1, -0.05) is 18.8 Å². The van der Waals surface area contributed by atoms with E-state index < -0.39 is 20.5 Å². The van der Waals surface area contributed by atoms with Crippen molar-refractivity contribution in [2.45, 2.75) is 38.0 Å². The van der Waals surface area contributed by atoms with E-state index >= 15 is 0 Å². The lowest BCUT2D eigenvalue weighted by molar-refractivity contribution is -0.131. The number of nitrogens with one attached hydrogen (secondary N) is 1. The van der Waals surface area contributed by atoms with Crippen LogP contribution in [0.2, 0.25) is 0 Å². The second kappa shape index (κ2) is 7.87. The number of hydroxylamine groups is 1. The van der Waals surface area contributed by atoms with E-state index in [1.165, 1.54) is 21.9 Å². The van der Waals surface area contributed by atoms with E-state index in [1.54, 1.807) is 12.3 Å². The molecule has 1 atom stereocenters. The van der Waals surface area contributed by atoms with E-state index in [-0.39, 0.29) is 25.5 Å². The van der Waals surface area contributed by atoms with Gasteiger partial charge in [0, 0.05) is 36.7 Å². The van der Waals surface area contributed by atoms with Gasteiger partial charge in [0.1, 0.15) is 0 Å². The van der Waals surface area contributed by atoms with Crippen LogP contribution in [0.5, 0.6) is 0 Å². The average Bonchev–Trinajstić information content (AvgIpc) is 3.14. The molecule has 1 aliphatic heterocycles. The maximum atomic E-state index is 12.5. The Balaban J connectivity index is 2.11. The number of nitrogens with zero attached hydrogens (tertiary/aromatic N) is 2. The molecule has 0 fully saturated rings. The monoisotopic (exact) mass is 391 g/mol. The van der Waals surface area contributed by atoms with E-state index in [2.05, 4.69) is 23.7 Å². The highest BCUT2D eigenvalue weighted by molar-refractivity contribution is 7.92. The fraction of sp³-hybridized carbons (Fsp3) is 0.444. The number of aromatic nitrogens is 1. The van der Waals surface area contributed by atoms with E-state index in [1.807, 2.05) is 6.92 Å². The molecule has 9 heteroatoms. The summed E-state index contributed by atoms with van der Waals surface area (Å²) in [6, 6.07) is 1.45. The number of rotatable bonds is 5. The first-order chi connectivity index (χ1) is 12.6. The summed E-state index contributed by atoms with van der Waals surface area (Å²) in [7, 11) is -3.81. The van der Waals surface area contributed by atoms with Gasteiger partial charge >= 0.3 is 6.03 Å². The van der Waals surface area contributed by atoms with Crippen LogP contribution in [0, 0.1) is 23.7 Å². The first kappa shape index (κ1) is 20.6. The molecule has 0 radical (unpaired) electrons. The molecule has 2 amide bonds. The van der Waals surface area contributed by atoms with Crippen LogP contribution in [0.15, 0.2) is 12.3 Å². The lowest BCUT2D eigenvalue weighted by atomic mass is 10.1. The molecule has 1 aromatic heterocycles. The lowest BCUT2D eigenvalue weighted by Gasteiger charge is -2.27. The van der Waals surface area contributed by atoms with Gasteiger partial charge in [-0.25, -0.2) is 18.7 Å². The molecule has 0 bridgehead atoms. The highest BCUT2D eigenvalue weighted by Gasteiger charge is 2.44. The average molecular weight is 391 g/mol. The van der Waals surface area contributed by atoms with Gasteiger partial charge in [-0.3, -0.25) is 14.6 Å². The zero-order valence-electron chi connectivity index (χ0n) is 15.4. The molecule has 0 saturated heterocycles. The van der Waals surface area contributed by atoms with Crippen LogP contribution in [0.3, 0.4) is 0 Å². The summed E-state index contributed by atoms with van der Waals surface area (Å²) in [5, 5.41) is 8.85. The minimum Gasteiger partial charge on any atom is -0.318 e. The molecule has 0 aromatic carbocycles. The summed E-state index contributed by atoms with van der Waals surface area (Å²) >= 11 is 0. The number of amides is 2. The quantitative estimate of drug-likeness (QED) is 0.437. The SMILES string of the molecule is CCC#CC#Cc1cc2n(c1)C(=O)N(CC[C@](C)(C(=O)NO)S(C)(=O)=O)C2. The number of fused-ring (bicyclic) bond motifs is 1. The fourth-order valence-corrected chi connectivity index (χ4v) is 3.48. The molecular weight excluding hydrogens is 370 g/mol. The van der Waals surface area contributed by atoms with Gasteiger partial charge in [0.15, 0.2) is 14.6 Å². The van der Waals surface area contributed by atoms with Crippen molar-refractivity contribution in [3.8, 4) is 23.7 Å².